The second-order valence-electron chi connectivity index (χ2n) is 6.82. The van der Waals surface area contributed by atoms with Gasteiger partial charge in [-0.3, -0.25) is 4.79 Å². The number of alkyl halides is 2. The Bertz CT molecular complexity index is 1040. The van der Waals surface area contributed by atoms with Crippen molar-refractivity contribution in [1.29, 1.82) is 0 Å². The number of aromatic nitrogens is 3. The van der Waals surface area contributed by atoms with Gasteiger partial charge in [-0.05, 0) is 25.0 Å². The van der Waals surface area contributed by atoms with Crippen molar-refractivity contribution in [2.24, 2.45) is 7.05 Å². The number of benzene rings is 1. The highest BCUT2D eigenvalue weighted by Crippen LogP contribution is 2.33. The van der Waals surface area contributed by atoms with Gasteiger partial charge >= 0.3 is 0 Å². The van der Waals surface area contributed by atoms with E-state index >= 15 is 0 Å². The lowest BCUT2D eigenvalue weighted by atomic mass is 10.1. The summed E-state index contributed by atoms with van der Waals surface area (Å²) < 4.78 is 46.8. The lowest BCUT2D eigenvalue weighted by Gasteiger charge is -2.20. The molecule has 0 radical (unpaired) electrons. The van der Waals surface area contributed by atoms with Crippen molar-refractivity contribution >= 4 is 17.5 Å². The monoisotopic (exact) mass is 424 g/mol. The molecule has 2 heterocycles. The first-order valence-electron chi connectivity index (χ1n) is 8.88. The summed E-state index contributed by atoms with van der Waals surface area (Å²) in [5.74, 6) is -1.56. The molecule has 152 valence electrons. The fourth-order valence-corrected chi connectivity index (χ4v) is 3.21. The Balaban J connectivity index is 1.60. The van der Waals surface area contributed by atoms with Gasteiger partial charge in [0.15, 0.2) is 5.76 Å². The molecule has 29 heavy (non-hydrogen) atoms. The van der Waals surface area contributed by atoms with Crippen LogP contribution in [0, 0.1) is 5.95 Å². The molecule has 0 N–H and O–H groups in total. The molecule has 0 saturated heterocycles. The maximum Gasteiger partial charge on any atom is 0.283 e. The summed E-state index contributed by atoms with van der Waals surface area (Å²) in [6, 6.07) is 8.45. The molecule has 1 aliphatic carbocycles. The van der Waals surface area contributed by atoms with Crippen molar-refractivity contribution in [1.82, 2.24) is 19.8 Å². The van der Waals surface area contributed by atoms with Crippen LogP contribution in [0.3, 0.4) is 0 Å². The Hall–Kier alpha value is -2.81. The van der Waals surface area contributed by atoms with Gasteiger partial charge in [0.25, 0.3) is 12.3 Å². The van der Waals surface area contributed by atoms with Crippen LogP contribution in [-0.4, -0.2) is 31.8 Å². The first kappa shape index (κ1) is 19.5. The summed E-state index contributed by atoms with van der Waals surface area (Å²) in [6.45, 7) is -0.0128. The van der Waals surface area contributed by atoms with Crippen LogP contribution < -0.4 is 0 Å². The minimum absolute atomic E-state index is 0.0128. The smallest absolute Gasteiger partial charge is 0.283 e. The van der Waals surface area contributed by atoms with E-state index in [0.717, 1.165) is 5.56 Å². The quantitative estimate of drug-likeness (QED) is 0.579. The number of nitrogens with zero attached hydrogens (tertiary/aromatic N) is 4. The first-order valence-corrected chi connectivity index (χ1v) is 9.26. The fraction of sp³-hybridized carbons (Fsp3) is 0.316. The van der Waals surface area contributed by atoms with Gasteiger partial charge in [0.2, 0.25) is 5.95 Å². The number of halogens is 4. The molecule has 0 unspecified atom stereocenters. The van der Waals surface area contributed by atoms with Crippen LogP contribution in [0.1, 0.15) is 41.1 Å². The average molecular weight is 425 g/mol. The van der Waals surface area contributed by atoms with Gasteiger partial charge in [-0.2, -0.15) is 9.49 Å². The van der Waals surface area contributed by atoms with E-state index < -0.39 is 29.5 Å². The van der Waals surface area contributed by atoms with Gasteiger partial charge < -0.3 is 9.42 Å². The summed E-state index contributed by atoms with van der Waals surface area (Å²) in [5.41, 5.74) is -0.250. The zero-order valence-corrected chi connectivity index (χ0v) is 16.0. The van der Waals surface area contributed by atoms with Crippen LogP contribution >= 0.6 is 11.6 Å². The third-order valence-electron chi connectivity index (χ3n) is 4.70. The molecule has 0 spiro atoms. The molecule has 0 aliphatic heterocycles. The molecule has 0 atom stereocenters. The van der Waals surface area contributed by atoms with E-state index in [4.69, 9.17) is 16.1 Å². The molecule has 1 aliphatic rings. The summed E-state index contributed by atoms with van der Waals surface area (Å²) in [6.07, 6.45) is -1.65. The van der Waals surface area contributed by atoms with Crippen molar-refractivity contribution < 1.29 is 22.5 Å². The van der Waals surface area contributed by atoms with E-state index in [1.807, 2.05) is 0 Å². The van der Waals surface area contributed by atoms with E-state index in [-0.39, 0.29) is 12.6 Å². The van der Waals surface area contributed by atoms with Gasteiger partial charge in [0.05, 0.1) is 6.54 Å². The fourth-order valence-electron chi connectivity index (χ4n) is 3.08. The van der Waals surface area contributed by atoms with Crippen molar-refractivity contribution in [2.45, 2.75) is 31.9 Å². The number of carbonyl (C=O) groups is 1. The van der Waals surface area contributed by atoms with E-state index in [0.29, 0.717) is 34.0 Å². The molecule has 1 saturated carbocycles. The SMILES string of the molecule is Cn1nc(C(F)F)c(C(=O)N(Cc2cc(-c3ccc(Cl)cc3)no2)C2CC2)c1F. The van der Waals surface area contributed by atoms with Crippen molar-refractivity contribution in [3.8, 4) is 11.3 Å². The maximum absolute atomic E-state index is 14.3. The molecule has 1 aromatic carbocycles. The highest BCUT2D eigenvalue weighted by molar-refractivity contribution is 6.30. The molecule has 2 aromatic heterocycles. The topological polar surface area (TPSA) is 64.2 Å². The highest BCUT2D eigenvalue weighted by Gasteiger charge is 2.38. The summed E-state index contributed by atoms with van der Waals surface area (Å²) in [5, 5.41) is 8.01. The van der Waals surface area contributed by atoms with E-state index in [1.54, 1.807) is 30.3 Å². The van der Waals surface area contributed by atoms with Crippen LogP contribution in [0.5, 0.6) is 0 Å². The predicted molar refractivity (Wildman–Crippen MR) is 98.0 cm³/mol. The Morgan fingerprint density at radius 2 is 2.03 bits per heavy atom. The standard InChI is InChI=1S/C19H16ClF3N4O2/c1-26-18(23)15(16(24-26)17(21)22)19(28)27(12-6-7-12)9-13-8-14(25-29-13)10-2-4-11(20)5-3-10/h2-5,8,12,17H,6-7,9H2,1H3. The molecule has 1 fully saturated rings. The molecule has 6 nitrogen and oxygen atoms in total. The number of hydrogen-bond acceptors (Lipinski definition) is 4. The van der Waals surface area contributed by atoms with E-state index in [9.17, 15) is 18.0 Å². The van der Waals surface area contributed by atoms with Crippen LogP contribution in [0.15, 0.2) is 34.9 Å². The predicted octanol–water partition coefficient (Wildman–Crippen LogP) is 4.61. The van der Waals surface area contributed by atoms with Crippen LogP contribution in [0.4, 0.5) is 13.2 Å². The zero-order chi connectivity index (χ0) is 20.7. The lowest BCUT2D eigenvalue weighted by Crippen LogP contribution is -2.33. The average Bonchev–Trinajstić information content (AvgIpc) is 3.35. The third kappa shape index (κ3) is 3.87. The largest absolute Gasteiger partial charge is 0.359 e. The third-order valence-corrected chi connectivity index (χ3v) is 4.95. The minimum atomic E-state index is -3.06. The molecule has 10 heteroatoms. The highest BCUT2D eigenvalue weighted by atomic mass is 35.5. The summed E-state index contributed by atoms with van der Waals surface area (Å²) in [7, 11) is 1.17. The Morgan fingerprint density at radius 3 is 2.66 bits per heavy atom. The zero-order valence-electron chi connectivity index (χ0n) is 15.3. The summed E-state index contributed by atoms with van der Waals surface area (Å²) >= 11 is 5.88. The van der Waals surface area contributed by atoms with Gasteiger partial charge in [0, 0.05) is 29.7 Å². The minimum Gasteiger partial charge on any atom is -0.359 e. The van der Waals surface area contributed by atoms with E-state index in [2.05, 4.69) is 10.3 Å². The van der Waals surface area contributed by atoms with E-state index in [1.165, 1.54) is 11.9 Å². The Labute approximate surface area is 168 Å². The number of aryl methyl sites for hydroxylation is 1. The van der Waals surface area contributed by atoms with Crippen molar-refractivity contribution in [3.05, 3.63) is 58.3 Å². The van der Waals surface area contributed by atoms with Gasteiger partial charge in [-0.1, -0.05) is 28.9 Å². The van der Waals surface area contributed by atoms with Gasteiger partial charge in [-0.25, -0.2) is 13.5 Å². The normalized spacial score (nSPS) is 13.9. The number of rotatable bonds is 6. The van der Waals surface area contributed by atoms with Crippen molar-refractivity contribution in [3.63, 3.8) is 0 Å². The second kappa shape index (κ2) is 7.55. The molecule has 1 amide bonds. The van der Waals surface area contributed by atoms with Crippen LogP contribution in [0.25, 0.3) is 11.3 Å². The summed E-state index contributed by atoms with van der Waals surface area (Å²) in [4.78, 5) is 14.3. The first-order chi connectivity index (χ1) is 13.8. The molecule has 3 aromatic rings. The molecule has 4 rings (SSSR count). The number of amides is 1. The molecule has 0 bridgehead atoms. The van der Waals surface area contributed by atoms with Gasteiger partial charge in [-0.15, -0.1) is 0 Å². The van der Waals surface area contributed by atoms with Crippen LogP contribution in [0.2, 0.25) is 5.02 Å². The molecular formula is C19H16ClF3N4O2. The number of carbonyl (C=O) groups excluding carboxylic acids is 1. The van der Waals surface area contributed by atoms with Crippen molar-refractivity contribution in [2.75, 3.05) is 0 Å². The Morgan fingerprint density at radius 1 is 1.34 bits per heavy atom. The molecular weight excluding hydrogens is 409 g/mol. The maximum atomic E-state index is 14.3. The Kier molecular flexibility index (Phi) is 5.08. The number of hydrogen-bond donors (Lipinski definition) is 0. The second-order valence-corrected chi connectivity index (χ2v) is 7.26. The van der Waals surface area contributed by atoms with Gasteiger partial charge in [0.1, 0.15) is 17.0 Å². The lowest BCUT2D eigenvalue weighted by molar-refractivity contribution is 0.0696. The van der Waals surface area contributed by atoms with Crippen LogP contribution in [-0.2, 0) is 13.6 Å².